The molecule has 80 valence electrons. The predicted octanol–water partition coefficient (Wildman–Crippen LogP) is 0.915. The van der Waals surface area contributed by atoms with Gasteiger partial charge in [0.15, 0.2) is 0 Å². The van der Waals surface area contributed by atoms with Crippen LogP contribution in [0.5, 0.6) is 0 Å². The summed E-state index contributed by atoms with van der Waals surface area (Å²) >= 11 is 0. The third-order valence-corrected chi connectivity index (χ3v) is 2.48. The Morgan fingerprint density at radius 2 is 2.00 bits per heavy atom. The molecule has 0 saturated carbocycles. The van der Waals surface area contributed by atoms with Gasteiger partial charge in [0.05, 0.1) is 6.04 Å². The van der Waals surface area contributed by atoms with Gasteiger partial charge in [-0.2, -0.15) is 0 Å². The molecule has 15 heavy (non-hydrogen) atoms. The van der Waals surface area contributed by atoms with Gasteiger partial charge in [-0.25, -0.2) is 4.99 Å². The fraction of sp³-hybridized carbons (Fsp3) is 0.364. The largest absolute Gasteiger partial charge is 0.463 e. The Balaban J connectivity index is 1.86. The molecule has 4 nitrogen and oxygen atoms in total. The minimum atomic E-state index is 0.211. The summed E-state index contributed by atoms with van der Waals surface area (Å²) in [5, 5.41) is 0. The van der Waals surface area contributed by atoms with E-state index in [0.29, 0.717) is 12.6 Å². The lowest BCUT2D eigenvalue weighted by Gasteiger charge is -2.05. The van der Waals surface area contributed by atoms with Crippen LogP contribution in [0.3, 0.4) is 0 Å². The average molecular weight is 205 g/mol. The molecule has 0 spiro atoms. The maximum absolute atomic E-state index is 5.60. The molecule has 0 bridgehead atoms. The third kappa shape index (κ3) is 2.62. The summed E-state index contributed by atoms with van der Waals surface area (Å²) in [6.45, 7) is 0.612. The van der Waals surface area contributed by atoms with Crippen LogP contribution in [0, 0.1) is 0 Å². The summed E-state index contributed by atoms with van der Waals surface area (Å²) in [4.78, 5) is 4.17. The lowest BCUT2D eigenvalue weighted by molar-refractivity contribution is 0.308. The summed E-state index contributed by atoms with van der Waals surface area (Å²) in [6.07, 6.45) is 1.94. The molecular formula is C11H15N3O. The van der Waals surface area contributed by atoms with Crippen molar-refractivity contribution in [3.63, 3.8) is 0 Å². The highest BCUT2D eigenvalue weighted by atomic mass is 16.5. The molecule has 1 heterocycles. The van der Waals surface area contributed by atoms with E-state index in [4.69, 9.17) is 16.2 Å². The van der Waals surface area contributed by atoms with Crippen LogP contribution in [0.2, 0.25) is 0 Å². The molecule has 0 aliphatic carbocycles. The van der Waals surface area contributed by atoms with Crippen LogP contribution in [0.1, 0.15) is 12.0 Å². The highest BCUT2D eigenvalue weighted by Crippen LogP contribution is 2.12. The van der Waals surface area contributed by atoms with E-state index in [0.717, 1.165) is 18.5 Å². The topological polar surface area (TPSA) is 73.6 Å². The summed E-state index contributed by atoms with van der Waals surface area (Å²) in [5.74, 6) is 0. The molecule has 1 aromatic carbocycles. The van der Waals surface area contributed by atoms with Crippen LogP contribution in [0.15, 0.2) is 29.3 Å². The summed E-state index contributed by atoms with van der Waals surface area (Å²) in [6, 6.07) is 8.44. The number of anilines is 1. The van der Waals surface area contributed by atoms with Crippen LogP contribution < -0.4 is 11.5 Å². The van der Waals surface area contributed by atoms with Gasteiger partial charge in [0.2, 0.25) is 0 Å². The number of ether oxygens (including phenoxy) is 1. The van der Waals surface area contributed by atoms with Gasteiger partial charge in [-0.3, -0.25) is 0 Å². The molecule has 0 unspecified atom stereocenters. The summed E-state index contributed by atoms with van der Waals surface area (Å²) < 4.78 is 5.08. The van der Waals surface area contributed by atoms with E-state index in [9.17, 15) is 0 Å². The van der Waals surface area contributed by atoms with Gasteiger partial charge in [0.25, 0.3) is 6.02 Å². The van der Waals surface area contributed by atoms with E-state index >= 15 is 0 Å². The lowest BCUT2D eigenvalue weighted by Crippen LogP contribution is -2.10. The molecule has 4 N–H and O–H groups in total. The molecular weight excluding hydrogens is 190 g/mol. The molecule has 1 atom stereocenters. The Hall–Kier alpha value is -1.71. The molecule has 0 saturated heterocycles. The Kier molecular flexibility index (Phi) is 2.76. The molecule has 1 aromatic rings. The number of benzene rings is 1. The van der Waals surface area contributed by atoms with E-state index < -0.39 is 0 Å². The number of aryl methyl sites for hydroxylation is 1. The molecule has 4 heteroatoms. The number of hydrogen-bond donors (Lipinski definition) is 2. The Bertz CT molecular complexity index is 359. The predicted molar refractivity (Wildman–Crippen MR) is 60.5 cm³/mol. The zero-order valence-corrected chi connectivity index (χ0v) is 8.52. The van der Waals surface area contributed by atoms with Crippen LogP contribution in [0.25, 0.3) is 0 Å². The van der Waals surface area contributed by atoms with E-state index in [1.54, 1.807) is 0 Å². The van der Waals surface area contributed by atoms with Gasteiger partial charge in [0.1, 0.15) is 6.61 Å². The van der Waals surface area contributed by atoms with Gasteiger partial charge in [-0.15, -0.1) is 0 Å². The first-order valence-corrected chi connectivity index (χ1v) is 5.04. The molecule has 0 amide bonds. The normalized spacial score (nSPS) is 19.7. The Labute approximate surface area is 88.9 Å². The van der Waals surface area contributed by atoms with Crippen molar-refractivity contribution in [3.05, 3.63) is 29.8 Å². The number of nitrogens with zero attached hydrogens (tertiary/aromatic N) is 1. The first-order valence-electron chi connectivity index (χ1n) is 5.04. The van der Waals surface area contributed by atoms with Crippen LogP contribution >= 0.6 is 0 Å². The van der Waals surface area contributed by atoms with Crippen LogP contribution in [-0.4, -0.2) is 18.7 Å². The van der Waals surface area contributed by atoms with Crippen molar-refractivity contribution in [2.24, 2.45) is 10.7 Å². The number of hydrogen-bond acceptors (Lipinski definition) is 4. The fourth-order valence-electron chi connectivity index (χ4n) is 1.60. The first kappa shape index (κ1) is 9.83. The second kappa shape index (κ2) is 4.21. The zero-order chi connectivity index (χ0) is 10.7. The van der Waals surface area contributed by atoms with Crippen molar-refractivity contribution in [2.45, 2.75) is 18.9 Å². The maximum atomic E-state index is 5.60. The van der Waals surface area contributed by atoms with E-state index in [-0.39, 0.29) is 6.04 Å². The van der Waals surface area contributed by atoms with Crippen LogP contribution in [0.4, 0.5) is 5.69 Å². The summed E-state index contributed by atoms with van der Waals surface area (Å²) in [7, 11) is 0. The lowest BCUT2D eigenvalue weighted by atomic mass is 10.1. The quantitative estimate of drug-likeness (QED) is 0.720. The fourth-order valence-corrected chi connectivity index (χ4v) is 1.60. The molecule has 0 radical (unpaired) electrons. The Morgan fingerprint density at radius 1 is 1.27 bits per heavy atom. The zero-order valence-electron chi connectivity index (χ0n) is 8.52. The van der Waals surface area contributed by atoms with Gasteiger partial charge in [-0.05, 0) is 30.5 Å². The second-order valence-corrected chi connectivity index (χ2v) is 3.71. The maximum Gasteiger partial charge on any atom is 0.282 e. The molecule has 1 aliphatic rings. The van der Waals surface area contributed by atoms with Crippen molar-refractivity contribution in [3.8, 4) is 0 Å². The van der Waals surface area contributed by atoms with Crippen LogP contribution in [-0.2, 0) is 11.2 Å². The number of nitrogens with two attached hydrogens (primary N) is 2. The highest BCUT2D eigenvalue weighted by Gasteiger charge is 2.15. The van der Waals surface area contributed by atoms with Crippen molar-refractivity contribution in [2.75, 3.05) is 12.3 Å². The van der Waals surface area contributed by atoms with Gasteiger partial charge < -0.3 is 16.2 Å². The minimum absolute atomic E-state index is 0.211. The Morgan fingerprint density at radius 3 is 2.60 bits per heavy atom. The number of rotatable bonds is 3. The third-order valence-electron chi connectivity index (χ3n) is 2.48. The van der Waals surface area contributed by atoms with E-state index in [1.807, 2.05) is 24.3 Å². The van der Waals surface area contributed by atoms with Crippen molar-refractivity contribution in [1.82, 2.24) is 0 Å². The first-order chi connectivity index (χ1) is 7.24. The van der Waals surface area contributed by atoms with Crippen molar-refractivity contribution >= 4 is 11.7 Å². The number of amidine groups is 1. The molecule has 2 rings (SSSR count). The minimum Gasteiger partial charge on any atom is -0.463 e. The number of nitrogen functional groups attached to an aromatic ring is 1. The number of aliphatic imine (C=N–C) groups is 1. The molecule has 0 fully saturated rings. The molecule has 1 aliphatic heterocycles. The molecule has 0 aromatic heterocycles. The van der Waals surface area contributed by atoms with Crippen molar-refractivity contribution < 1.29 is 4.74 Å². The van der Waals surface area contributed by atoms with Gasteiger partial charge in [-0.1, -0.05) is 12.1 Å². The van der Waals surface area contributed by atoms with E-state index in [2.05, 4.69) is 4.99 Å². The standard InChI is InChI=1S/C11H15N3O/c12-9-4-1-8(2-5-9)3-6-10-7-15-11(13)14-10/h1-2,4-5,10H,3,6-7,12H2,(H2,13,14)/t10-/m1/s1. The monoisotopic (exact) mass is 205 g/mol. The van der Waals surface area contributed by atoms with Gasteiger partial charge in [0, 0.05) is 5.69 Å². The SMILES string of the molecule is NC1=N[C@H](CCc2ccc(N)cc2)CO1. The summed E-state index contributed by atoms with van der Waals surface area (Å²) in [5.41, 5.74) is 13.1. The smallest absolute Gasteiger partial charge is 0.282 e. The van der Waals surface area contributed by atoms with Gasteiger partial charge >= 0.3 is 0 Å². The van der Waals surface area contributed by atoms with Crippen molar-refractivity contribution in [1.29, 1.82) is 0 Å². The second-order valence-electron chi connectivity index (χ2n) is 3.71. The average Bonchev–Trinajstić information content (AvgIpc) is 2.64. The highest BCUT2D eigenvalue weighted by molar-refractivity contribution is 5.72. The van der Waals surface area contributed by atoms with E-state index in [1.165, 1.54) is 5.56 Å².